The van der Waals surface area contributed by atoms with Crippen LogP contribution in [0.2, 0.25) is 0 Å². The smallest absolute Gasteiger partial charge is 0.326 e. The summed E-state index contributed by atoms with van der Waals surface area (Å²) in [6.07, 6.45) is 0.322. The molecule has 0 saturated heterocycles. The van der Waals surface area contributed by atoms with Crippen LogP contribution in [0.15, 0.2) is 24.3 Å². The Hall–Kier alpha value is -2.37. The van der Waals surface area contributed by atoms with E-state index in [2.05, 4.69) is 5.32 Å². The molecule has 0 aliphatic rings. The Morgan fingerprint density at radius 2 is 1.86 bits per heavy atom. The molecule has 0 heterocycles. The molecule has 1 aromatic carbocycles. The molecule has 0 aromatic heterocycles. The first kappa shape index (κ1) is 17.7. The molecule has 6 heteroatoms. The number of carboxylic acids is 1. The van der Waals surface area contributed by atoms with Crippen molar-refractivity contribution in [2.24, 2.45) is 5.92 Å². The molecule has 6 nitrogen and oxygen atoms in total. The molecule has 0 aliphatic carbocycles. The number of hydrogen-bond donors (Lipinski definition) is 2. The predicted molar refractivity (Wildman–Crippen MR) is 80.9 cm³/mol. The third kappa shape index (κ3) is 4.87. The highest BCUT2D eigenvalue weighted by Gasteiger charge is 2.27. The molecular formula is C16H21NO5. The topological polar surface area (TPSA) is 92.7 Å². The molecule has 120 valence electrons. The van der Waals surface area contributed by atoms with Gasteiger partial charge in [0.25, 0.3) is 5.91 Å². The van der Waals surface area contributed by atoms with E-state index in [-0.39, 0.29) is 5.92 Å². The zero-order chi connectivity index (χ0) is 16.7. The summed E-state index contributed by atoms with van der Waals surface area (Å²) in [6.45, 7) is 5.22. The summed E-state index contributed by atoms with van der Waals surface area (Å²) in [5, 5.41) is 11.6. The Bertz CT molecular complexity index is 524. The summed E-state index contributed by atoms with van der Waals surface area (Å²) in [5.41, 5.74) is 0.510. The van der Waals surface area contributed by atoms with Crippen molar-refractivity contribution in [2.75, 3.05) is 0 Å². The van der Waals surface area contributed by atoms with E-state index in [1.54, 1.807) is 45.0 Å². The van der Waals surface area contributed by atoms with Gasteiger partial charge in [-0.25, -0.2) is 4.79 Å². The average molecular weight is 307 g/mol. The number of ether oxygens (including phenoxy) is 1. The molecule has 0 spiro atoms. The van der Waals surface area contributed by atoms with Crippen LogP contribution in [0.1, 0.15) is 37.6 Å². The number of nitrogens with one attached hydrogen (secondary N) is 1. The fourth-order valence-electron chi connectivity index (χ4n) is 1.87. The van der Waals surface area contributed by atoms with Crippen LogP contribution in [0.25, 0.3) is 0 Å². The van der Waals surface area contributed by atoms with Gasteiger partial charge in [-0.05, 0) is 36.6 Å². The van der Waals surface area contributed by atoms with Crippen LogP contribution >= 0.6 is 0 Å². The van der Waals surface area contributed by atoms with E-state index in [4.69, 9.17) is 9.84 Å². The lowest BCUT2D eigenvalue weighted by molar-refractivity contribution is -0.144. The van der Waals surface area contributed by atoms with Crippen molar-refractivity contribution in [1.29, 1.82) is 0 Å². The summed E-state index contributed by atoms with van der Waals surface area (Å²) >= 11 is 0. The molecule has 0 radical (unpaired) electrons. The summed E-state index contributed by atoms with van der Waals surface area (Å²) in [7, 11) is 0. The van der Waals surface area contributed by atoms with Crippen molar-refractivity contribution in [3.05, 3.63) is 29.8 Å². The minimum Gasteiger partial charge on any atom is -0.481 e. The molecule has 0 aliphatic heterocycles. The number of benzene rings is 1. The third-order valence-corrected chi connectivity index (χ3v) is 3.19. The highest BCUT2D eigenvalue weighted by molar-refractivity contribution is 5.86. The van der Waals surface area contributed by atoms with Gasteiger partial charge in [0.2, 0.25) is 0 Å². The van der Waals surface area contributed by atoms with E-state index in [1.165, 1.54) is 0 Å². The normalized spacial score (nSPS) is 13.3. The second-order valence-electron chi connectivity index (χ2n) is 5.27. The fraction of sp³-hybridized carbons (Fsp3) is 0.438. The number of rotatable bonds is 8. The van der Waals surface area contributed by atoms with Crippen molar-refractivity contribution >= 4 is 18.2 Å². The second-order valence-corrected chi connectivity index (χ2v) is 5.27. The number of carboxylic acid groups (broad SMARTS) is 1. The van der Waals surface area contributed by atoms with Crippen LogP contribution in [0, 0.1) is 5.92 Å². The number of amides is 1. The molecule has 2 N–H and O–H groups in total. The molecule has 2 unspecified atom stereocenters. The lowest BCUT2D eigenvalue weighted by Crippen LogP contribution is -2.49. The number of aliphatic carboxylic acids is 1. The summed E-state index contributed by atoms with van der Waals surface area (Å²) in [4.78, 5) is 33.9. The molecule has 0 bridgehead atoms. The van der Waals surface area contributed by atoms with E-state index in [9.17, 15) is 14.4 Å². The quantitative estimate of drug-likeness (QED) is 0.715. The van der Waals surface area contributed by atoms with Crippen molar-refractivity contribution in [1.82, 2.24) is 5.32 Å². The Labute approximate surface area is 129 Å². The Morgan fingerprint density at radius 1 is 1.27 bits per heavy atom. The standard InChI is InChI=1S/C16H21NO5/c1-4-13(15(19)17-14(10(2)3)16(20)21)22-12-7-5-11(9-18)6-8-12/h5-10,13-14H,4H2,1-3H3,(H,17,19)(H,20,21). The maximum atomic E-state index is 12.2. The number of aldehydes is 1. The summed E-state index contributed by atoms with van der Waals surface area (Å²) < 4.78 is 5.56. The van der Waals surface area contributed by atoms with E-state index < -0.39 is 24.0 Å². The van der Waals surface area contributed by atoms with Crippen molar-refractivity contribution in [3.8, 4) is 5.75 Å². The Morgan fingerprint density at radius 3 is 2.27 bits per heavy atom. The van der Waals surface area contributed by atoms with Crippen LogP contribution in [0.3, 0.4) is 0 Å². The Balaban J connectivity index is 2.75. The van der Waals surface area contributed by atoms with Gasteiger partial charge in [0.1, 0.15) is 18.1 Å². The summed E-state index contributed by atoms with van der Waals surface area (Å²) in [6, 6.07) is 5.40. The lowest BCUT2D eigenvalue weighted by atomic mass is 10.0. The molecule has 2 atom stereocenters. The molecule has 0 fully saturated rings. The molecule has 0 saturated carbocycles. The SMILES string of the molecule is CCC(Oc1ccc(C=O)cc1)C(=O)NC(C(=O)O)C(C)C. The van der Waals surface area contributed by atoms with Crippen LogP contribution in [0.5, 0.6) is 5.75 Å². The van der Waals surface area contributed by atoms with E-state index in [0.717, 1.165) is 0 Å². The minimum absolute atomic E-state index is 0.231. The maximum absolute atomic E-state index is 12.2. The maximum Gasteiger partial charge on any atom is 0.326 e. The predicted octanol–water partition coefficient (Wildman–Crippen LogP) is 1.88. The average Bonchev–Trinajstić information content (AvgIpc) is 2.49. The van der Waals surface area contributed by atoms with Gasteiger partial charge in [-0.15, -0.1) is 0 Å². The largest absolute Gasteiger partial charge is 0.481 e. The fourth-order valence-corrected chi connectivity index (χ4v) is 1.87. The van der Waals surface area contributed by atoms with Crippen molar-refractivity contribution in [3.63, 3.8) is 0 Å². The zero-order valence-electron chi connectivity index (χ0n) is 12.9. The highest BCUT2D eigenvalue weighted by Crippen LogP contribution is 2.15. The van der Waals surface area contributed by atoms with Crippen molar-refractivity contribution < 1.29 is 24.2 Å². The first-order valence-electron chi connectivity index (χ1n) is 7.14. The van der Waals surface area contributed by atoms with Gasteiger partial charge in [-0.1, -0.05) is 20.8 Å². The van der Waals surface area contributed by atoms with Gasteiger partial charge in [0.05, 0.1) is 0 Å². The molecule has 1 aromatic rings. The number of hydrogen-bond acceptors (Lipinski definition) is 4. The molecular weight excluding hydrogens is 286 g/mol. The van der Waals surface area contributed by atoms with Crippen LogP contribution in [-0.4, -0.2) is 35.4 Å². The highest BCUT2D eigenvalue weighted by atomic mass is 16.5. The van der Waals surface area contributed by atoms with Gasteiger partial charge in [-0.3, -0.25) is 9.59 Å². The van der Waals surface area contributed by atoms with Gasteiger partial charge in [0.15, 0.2) is 6.10 Å². The van der Waals surface area contributed by atoms with E-state index >= 15 is 0 Å². The van der Waals surface area contributed by atoms with Gasteiger partial charge < -0.3 is 15.2 Å². The van der Waals surface area contributed by atoms with Crippen LogP contribution < -0.4 is 10.1 Å². The zero-order valence-corrected chi connectivity index (χ0v) is 12.9. The van der Waals surface area contributed by atoms with Gasteiger partial charge in [-0.2, -0.15) is 0 Å². The second kappa shape index (κ2) is 8.17. The van der Waals surface area contributed by atoms with Crippen molar-refractivity contribution in [2.45, 2.75) is 39.3 Å². The lowest BCUT2D eigenvalue weighted by Gasteiger charge is -2.22. The monoisotopic (exact) mass is 307 g/mol. The van der Waals surface area contributed by atoms with Crippen LogP contribution in [-0.2, 0) is 9.59 Å². The van der Waals surface area contributed by atoms with E-state index in [1.807, 2.05) is 0 Å². The number of carbonyl (C=O) groups is 3. The van der Waals surface area contributed by atoms with E-state index in [0.29, 0.717) is 24.0 Å². The first-order chi connectivity index (χ1) is 10.4. The van der Waals surface area contributed by atoms with Crippen LogP contribution in [0.4, 0.5) is 0 Å². The number of carbonyl (C=O) groups excluding carboxylic acids is 2. The third-order valence-electron chi connectivity index (χ3n) is 3.19. The molecule has 1 amide bonds. The van der Waals surface area contributed by atoms with Gasteiger partial charge >= 0.3 is 5.97 Å². The molecule has 1 rings (SSSR count). The minimum atomic E-state index is -1.08. The molecule has 22 heavy (non-hydrogen) atoms. The summed E-state index contributed by atoms with van der Waals surface area (Å²) in [5.74, 6) is -1.33. The first-order valence-corrected chi connectivity index (χ1v) is 7.14. The van der Waals surface area contributed by atoms with Gasteiger partial charge in [0, 0.05) is 5.56 Å². The Kier molecular flexibility index (Phi) is 6.56.